The van der Waals surface area contributed by atoms with E-state index in [9.17, 15) is 9.59 Å². The molecular formula is C18H25Cl2N3O2. The molecule has 0 bridgehead atoms. The highest BCUT2D eigenvalue weighted by Gasteiger charge is 2.29. The van der Waals surface area contributed by atoms with E-state index in [1.165, 1.54) is 0 Å². The van der Waals surface area contributed by atoms with Gasteiger partial charge in [0.1, 0.15) is 0 Å². The Balaban J connectivity index is 1.84. The van der Waals surface area contributed by atoms with E-state index in [4.69, 9.17) is 23.2 Å². The average molecular weight is 386 g/mol. The van der Waals surface area contributed by atoms with Crippen molar-refractivity contribution in [3.8, 4) is 0 Å². The number of likely N-dealkylation sites (tertiary alicyclic amines) is 1. The molecule has 2 N–H and O–H groups in total. The number of nitrogens with one attached hydrogen (secondary N) is 2. The molecule has 0 aliphatic carbocycles. The minimum absolute atomic E-state index is 0.0492. The first-order valence-electron chi connectivity index (χ1n) is 8.70. The predicted octanol–water partition coefficient (Wildman–Crippen LogP) is 3.56. The van der Waals surface area contributed by atoms with E-state index in [1.54, 1.807) is 18.2 Å². The Morgan fingerprint density at radius 2 is 1.92 bits per heavy atom. The topological polar surface area (TPSA) is 61.4 Å². The molecule has 1 aliphatic rings. The quantitative estimate of drug-likeness (QED) is 0.786. The summed E-state index contributed by atoms with van der Waals surface area (Å²) in [6, 6.07) is 4.75. The van der Waals surface area contributed by atoms with E-state index in [1.807, 2.05) is 13.8 Å². The number of nitrogens with zero attached hydrogens (tertiary/aromatic N) is 1. The third-order valence-electron chi connectivity index (χ3n) is 4.56. The largest absolute Gasteiger partial charge is 0.356 e. The van der Waals surface area contributed by atoms with Crippen LogP contribution >= 0.6 is 23.2 Å². The van der Waals surface area contributed by atoms with Gasteiger partial charge >= 0.3 is 0 Å². The summed E-state index contributed by atoms with van der Waals surface area (Å²) >= 11 is 11.9. The van der Waals surface area contributed by atoms with Gasteiger partial charge in [-0.15, -0.1) is 0 Å². The fourth-order valence-corrected chi connectivity index (χ4v) is 3.23. The van der Waals surface area contributed by atoms with Crippen molar-refractivity contribution < 1.29 is 9.59 Å². The van der Waals surface area contributed by atoms with E-state index in [0.717, 1.165) is 38.9 Å². The second-order valence-electron chi connectivity index (χ2n) is 6.40. The van der Waals surface area contributed by atoms with Gasteiger partial charge < -0.3 is 10.6 Å². The van der Waals surface area contributed by atoms with Crippen LogP contribution in [0.2, 0.25) is 10.0 Å². The van der Waals surface area contributed by atoms with Gasteiger partial charge in [0.2, 0.25) is 11.8 Å². The van der Waals surface area contributed by atoms with Crippen LogP contribution in [0, 0.1) is 5.92 Å². The van der Waals surface area contributed by atoms with Crippen LogP contribution in [0.5, 0.6) is 0 Å². The third kappa shape index (κ3) is 5.59. The van der Waals surface area contributed by atoms with E-state index in [0.29, 0.717) is 15.7 Å². The lowest BCUT2D eigenvalue weighted by Crippen LogP contribution is -2.48. The number of amides is 2. The Kier molecular flexibility index (Phi) is 7.54. The molecule has 1 atom stereocenters. The van der Waals surface area contributed by atoms with Gasteiger partial charge in [-0.05, 0) is 57.5 Å². The maximum Gasteiger partial charge on any atom is 0.241 e. The Labute approximate surface area is 159 Å². The molecule has 1 aliphatic heterocycles. The highest BCUT2D eigenvalue weighted by Crippen LogP contribution is 2.25. The zero-order valence-corrected chi connectivity index (χ0v) is 16.2. The number of halogens is 2. The lowest BCUT2D eigenvalue weighted by atomic mass is 9.95. The molecule has 1 aromatic carbocycles. The summed E-state index contributed by atoms with van der Waals surface area (Å²) in [6.45, 7) is 6.11. The fourth-order valence-electron chi connectivity index (χ4n) is 2.93. The van der Waals surface area contributed by atoms with Crippen LogP contribution in [-0.4, -0.2) is 42.4 Å². The summed E-state index contributed by atoms with van der Waals surface area (Å²) in [5.41, 5.74) is 0.625. The van der Waals surface area contributed by atoms with Crippen molar-refractivity contribution in [3.05, 3.63) is 28.2 Å². The summed E-state index contributed by atoms with van der Waals surface area (Å²) in [6.07, 6.45) is 2.50. The van der Waals surface area contributed by atoms with E-state index in [2.05, 4.69) is 15.5 Å². The monoisotopic (exact) mass is 385 g/mol. The van der Waals surface area contributed by atoms with E-state index >= 15 is 0 Å². The maximum atomic E-state index is 12.5. The molecular weight excluding hydrogens is 361 g/mol. The average Bonchev–Trinajstić information content (AvgIpc) is 2.62. The second-order valence-corrected chi connectivity index (χ2v) is 7.21. The molecule has 1 fully saturated rings. The molecule has 1 saturated heterocycles. The minimum Gasteiger partial charge on any atom is -0.356 e. The van der Waals surface area contributed by atoms with Crippen molar-refractivity contribution in [3.63, 3.8) is 0 Å². The molecule has 7 heteroatoms. The van der Waals surface area contributed by atoms with Crippen molar-refractivity contribution in [1.82, 2.24) is 10.2 Å². The normalized spacial score (nSPS) is 17.1. The van der Waals surface area contributed by atoms with Crippen LogP contribution in [0.15, 0.2) is 18.2 Å². The second kappa shape index (κ2) is 9.41. The summed E-state index contributed by atoms with van der Waals surface area (Å²) in [4.78, 5) is 26.6. The number of benzene rings is 1. The minimum atomic E-state index is -0.269. The van der Waals surface area contributed by atoms with Crippen LogP contribution in [-0.2, 0) is 9.59 Å². The van der Waals surface area contributed by atoms with Crippen molar-refractivity contribution in [1.29, 1.82) is 0 Å². The zero-order chi connectivity index (χ0) is 18.4. The number of piperidine rings is 1. The molecule has 1 heterocycles. The highest BCUT2D eigenvalue weighted by molar-refractivity contribution is 6.42. The first kappa shape index (κ1) is 20.0. The molecule has 138 valence electrons. The zero-order valence-electron chi connectivity index (χ0n) is 14.6. The first-order chi connectivity index (χ1) is 11.9. The summed E-state index contributed by atoms with van der Waals surface area (Å²) < 4.78 is 0. The first-order valence-corrected chi connectivity index (χ1v) is 9.45. The number of carbonyl (C=O) groups is 2. The van der Waals surface area contributed by atoms with Gasteiger partial charge in [0.05, 0.1) is 16.1 Å². The molecule has 0 aromatic heterocycles. The summed E-state index contributed by atoms with van der Waals surface area (Å²) in [7, 11) is 0. The standard InChI is InChI=1S/C18H25Cl2N3O2/c1-3-8-21-18(25)13-6-9-23(10-7-13)12(2)17(24)22-14-4-5-15(19)16(20)11-14/h4-5,11-13H,3,6-10H2,1-2H3,(H,21,25)(H,22,24)/t12-/m1/s1. The Morgan fingerprint density at radius 1 is 1.24 bits per heavy atom. The lowest BCUT2D eigenvalue weighted by Gasteiger charge is -2.34. The van der Waals surface area contributed by atoms with Crippen molar-refractivity contribution in [2.45, 2.75) is 39.2 Å². The fraction of sp³-hybridized carbons (Fsp3) is 0.556. The van der Waals surface area contributed by atoms with Crippen LogP contribution < -0.4 is 10.6 Å². The van der Waals surface area contributed by atoms with Crippen molar-refractivity contribution in [2.75, 3.05) is 25.0 Å². The predicted molar refractivity (Wildman–Crippen MR) is 102 cm³/mol. The smallest absolute Gasteiger partial charge is 0.241 e. The SMILES string of the molecule is CCCNC(=O)C1CCN([C@H](C)C(=O)Nc2ccc(Cl)c(Cl)c2)CC1. The summed E-state index contributed by atoms with van der Waals surface area (Å²) in [5.74, 6) is 0.0924. The number of hydrogen-bond acceptors (Lipinski definition) is 3. The Morgan fingerprint density at radius 3 is 2.52 bits per heavy atom. The van der Waals surface area contributed by atoms with Crippen LogP contribution in [0.25, 0.3) is 0 Å². The van der Waals surface area contributed by atoms with Crippen LogP contribution in [0.1, 0.15) is 33.1 Å². The van der Waals surface area contributed by atoms with E-state index in [-0.39, 0.29) is 23.8 Å². The lowest BCUT2D eigenvalue weighted by molar-refractivity contribution is -0.127. The van der Waals surface area contributed by atoms with Crippen LogP contribution in [0.3, 0.4) is 0 Å². The van der Waals surface area contributed by atoms with Gasteiger partial charge in [0.25, 0.3) is 0 Å². The van der Waals surface area contributed by atoms with E-state index < -0.39 is 0 Å². The molecule has 2 amide bonds. The number of carbonyl (C=O) groups excluding carboxylic acids is 2. The van der Waals surface area contributed by atoms with Gasteiger partial charge in [-0.25, -0.2) is 0 Å². The molecule has 0 spiro atoms. The van der Waals surface area contributed by atoms with Gasteiger partial charge in [-0.3, -0.25) is 14.5 Å². The third-order valence-corrected chi connectivity index (χ3v) is 5.30. The molecule has 0 unspecified atom stereocenters. The summed E-state index contributed by atoms with van der Waals surface area (Å²) in [5, 5.41) is 6.68. The highest BCUT2D eigenvalue weighted by atomic mass is 35.5. The van der Waals surface area contributed by atoms with Gasteiger partial charge in [0.15, 0.2) is 0 Å². The maximum absolute atomic E-state index is 12.5. The molecule has 0 saturated carbocycles. The van der Waals surface area contributed by atoms with Crippen molar-refractivity contribution >= 4 is 40.7 Å². The molecule has 5 nitrogen and oxygen atoms in total. The molecule has 0 radical (unpaired) electrons. The van der Waals surface area contributed by atoms with Gasteiger partial charge in [-0.2, -0.15) is 0 Å². The number of rotatable bonds is 6. The number of anilines is 1. The van der Waals surface area contributed by atoms with Crippen LogP contribution in [0.4, 0.5) is 5.69 Å². The molecule has 2 rings (SSSR count). The van der Waals surface area contributed by atoms with Gasteiger partial charge in [-0.1, -0.05) is 30.1 Å². The van der Waals surface area contributed by atoms with Crippen molar-refractivity contribution in [2.24, 2.45) is 5.92 Å². The Hall–Kier alpha value is -1.30. The number of hydrogen-bond donors (Lipinski definition) is 2. The molecule has 25 heavy (non-hydrogen) atoms. The molecule has 1 aromatic rings. The van der Waals surface area contributed by atoms with Gasteiger partial charge in [0, 0.05) is 18.2 Å². The Bertz CT molecular complexity index is 616.